The highest BCUT2D eigenvalue weighted by molar-refractivity contribution is 5.94. The molecule has 1 fully saturated rings. The Morgan fingerprint density at radius 3 is 2.81 bits per heavy atom. The molecule has 1 aliphatic carbocycles. The minimum Gasteiger partial charge on any atom is -0.370 e. The Hall–Kier alpha value is -1.91. The van der Waals surface area contributed by atoms with Gasteiger partial charge in [0.1, 0.15) is 5.82 Å². The van der Waals surface area contributed by atoms with E-state index in [4.69, 9.17) is 11.5 Å². The molecule has 0 aromatic heterocycles. The maximum absolute atomic E-state index is 12.9. The van der Waals surface area contributed by atoms with E-state index in [1.165, 1.54) is 12.1 Å². The summed E-state index contributed by atoms with van der Waals surface area (Å²) in [6.07, 6.45) is 0.680. The Bertz CT molecular complexity index is 454. The number of guanidine groups is 1. The molecule has 2 atom stereocenters. The molecule has 2 rings (SSSR count). The van der Waals surface area contributed by atoms with Gasteiger partial charge in [-0.15, -0.1) is 0 Å². The first-order valence-corrected chi connectivity index (χ1v) is 4.97. The highest BCUT2D eigenvalue weighted by Gasteiger charge is 2.44. The average Bonchev–Trinajstić information content (AvgIpc) is 2.95. The minimum atomic E-state index is -0.325. The molecule has 4 nitrogen and oxygen atoms in total. The van der Waals surface area contributed by atoms with E-state index in [9.17, 15) is 9.18 Å². The van der Waals surface area contributed by atoms with Gasteiger partial charge in [0.25, 0.3) is 5.91 Å². The van der Waals surface area contributed by atoms with Crippen LogP contribution in [0.1, 0.15) is 17.9 Å². The molecule has 4 N–H and O–H groups in total. The summed E-state index contributed by atoms with van der Waals surface area (Å²) < 4.78 is 12.9. The average molecular weight is 221 g/mol. The van der Waals surface area contributed by atoms with Gasteiger partial charge in [-0.2, -0.15) is 4.99 Å². The van der Waals surface area contributed by atoms with E-state index in [1.807, 2.05) is 0 Å². The molecule has 5 heteroatoms. The van der Waals surface area contributed by atoms with Gasteiger partial charge in [-0.25, -0.2) is 4.39 Å². The van der Waals surface area contributed by atoms with Crippen LogP contribution in [-0.4, -0.2) is 11.9 Å². The monoisotopic (exact) mass is 221 g/mol. The van der Waals surface area contributed by atoms with Crippen molar-refractivity contribution in [2.75, 3.05) is 0 Å². The molecular formula is C11H12FN3O. The number of hydrogen-bond donors (Lipinski definition) is 2. The molecule has 1 amide bonds. The van der Waals surface area contributed by atoms with Crippen LogP contribution in [0.3, 0.4) is 0 Å². The molecule has 1 aliphatic rings. The summed E-state index contributed by atoms with van der Waals surface area (Å²) in [4.78, 5) is 14.9. The summed E-state index contributed by atoms with van der Waals surface area (Å²) in [5.74, 6) is -1.00. The lowest BCUT2D eigenvalue weighted by atomic mass is 10.1. The Morgan fingerprint density at radius 2 is 2.19 bits per heavy atom. The number of hydrogen-bond acceptors (Lipinski definition) is 1. The molecule has 1 saturated carbocycles. The number of halogens is 1. The number of rotatable bonds is 2. The standard InChI is InChI=1S/C11H12FN3O/c12-7-3-1-2-6(4-7)8-5-9(8)10(16)15-11(13)14/h1-4,8-9H,5H2,(H4,13,14,15,16). The summed E-state index contributed by atoms with van der Waals surface area (Å²) >= 11 is 0. The maximum Gasteiger partial charge on any atom is 0.252 e. The molecule has 1 aromatic carbocycles. The molecule has 16 heavy (non-hydrogen) atoms. The van der Waals surface area contributed by atoms with E-state index in [2.05, 4.69) is 4.99 Å². The summed E-state index contributed by atoms with van der Waals surface area (Å²) in [6, 6.07) is 6.24. The molecule has 0 spiro atoms. The second-order valence-corrected chi connectivity index (χ2v) is 3.88. The molecule has 0 radical (unpaired) electrons. The van der Waals surface area contributed by atoms with Crippen molar-refractivity contribution in [3.63, 3.8) is 0 Å². The molecule has 0 aliphatic heterocycles. The zero-order valence-corrected chi connectivity index (χ0v) is 8.56. The van der Waals surface area contributed by atoms with E-state index >= 15 is 0 Å². The number of carbonyl (C=O) groups excluding carboxylic acids is 1. The Morgan fingerprint density at radius 1 is 1.44 bits per heavy atom. The maximum atomic E-state index is 12.9. The fourth-order valence-corrected chi connectivity index (χ4v) is 1.78. The lowest BCUT2D eigenvalue weighted by Gasteiger charge is -1.98. The van der Waals surface area contributed by atoms with E-state index in [-0.39, 0.29) is 29.5 Å². The van der Waals surface area contributed by atoms with Gasteiger partial charge in [-0.3, -0.25) is 4.79 Å². The van der Waals surface area contributed by atoms with Crippen molar-refractivity contribution in [1.82, 2.24) is 0 Å². The van der Waals surface area contributed by atoms with Crippen molar-refractivity contribution in [2.45, 2.75) is 12.3 Å². The van der Waals surface area contributed by atoms with Crippen LogP contribution in [0.4, 0.5) is 4.39 Å². The largest absolute Gasteiger partial charge is 0.370 e. The van der Waals surface area contributed by atoms with Crippen LogP contribution >= 0.6 is 0 Å². The van der Waals surface area contributed by atoms with Crippen molar-refractivity contribution in [2.24, 2.45) is 22.4 Å². The number of aliphatic imine (C=N–C) groups is 1. The van der Waals surface area contributed by atoms with Crippen LogP contribution in [-0.2, 0) is 4.79 Å². The van der Waals surface area contributed by atoms with Crippen LogP contribution in [0.5, 0.6) is 0 Å². The molecule has 84 valence electrons. The highest BCUT2D eigenvalue weighted by atomic mass is 19.1. The van der Waals surface area contributed by atoms with Gasteiger partial charge >= 0.3 is 0 Å². The van der Waals surface area contributed by atoms with Crippen LogP contribution in [0.15, 0.2) is 29.3 Å². The van der Waals surface area contributed by atoms with Crippen LogP contribution in [0, 0.1) is 11.7 Å². The van der Waals surface area contributed by atoms with Crippen LogP contribution in [0.2, 0.25) is 0 Å². The number of nitrogens with two attached hydrogens (primary N) is 2. The first-order valence-electron chi connectivity index (χ1n) is 4.97. The summed E-state index contributed by atoms with van der Waals surface area (Å²) in [6.45, 7) is 0. The number of amides is 1. The van der Waals surface area contributed by atoms with Crippen molar-refractivity contribution >= 4 is 11.9 Å². The molecule has 0 heterocycles. The third-order valence-corrected chi connectivity index (χ3v) is 2.62. The van der Waals surface area contributed by atoms with Crippen LogP contribution < -0.4 is 11.5 Å². The Balaban J connectivity index is 2.07. The first kappa shape index (κ1) is 10.6. The number of nitrogens with zero attached hydrogens (tertiary/aromatic N) is 1. The smallest absolute Gasteiger partial charge is 0.252 e. The Kier molecular flexibility index (Phi) is 2.60. The predicted octanol–water partition coefficient (Wildman–Crippen LogP) is 0.729. The molecule has 0 bridgehead atoms. The van der Waals surface area contributed by atoms with Gasteiger partial charge in [-0.1, -0.05) is 12.1 Å². The van der Waals surface area contributed by atoms with E-state index in [0.29, 0.717) is 6.42 Å². The summed E-state index contributed by atoms with van der Waals surface area (Å²) in [5.41, 5.74) is 11.1. The second kappa shape index (κ2) is 3.92. The SMILES string of the molecule is NC(N)=NC(=O)C1CC1c1cccc(F)c1. The van der Waals surface area contributed by atoms with Crippen molar-refractivity contribution in [3.8, 4) is 0 Å². The van der Waals surface area contributed by atoms with Crippen LogP contribution in [0.25, 0.3) is 0 Å². The lowest BCUT2D eigenvalue weighted by molar-refractivity contribution is -0.119. The lowest BCUT2D eigenvalue weighted by Crippen LogP contribution is -2.24. The zero-order valence-electron chi connectivity index (χ0n) is 8.56. The quantitative estimate of drug-likeness (QED) is 0.570. The number of benzene rings is 1. The van der Waals surface area contributed by atoms with Crippen molar-refractivity contribution < 1.29 is 9.18 Å². The minimum absolute atomic E-state index is 0.0475. The highest BCUT2D eigenvalue weighted by Crippen LogP contribution is 2.48. The predicted molar refractivity (Wildman–Crippen MR) is 58.1 cm³/mol. The molecular weight excluding hydrogens is 209 g/mol. The van der Waals surface area contributed by atoms with E-state index in [1.54, 1.807) is 12.1 Å². The van der Waals surface area contributed by atoms with Gasteiger partial charge in [0, 0.05) is 5.92 Å². The van der Waals surface area contributed by atoms with E-state index < -0.39 is 0 Å². The Labute approximate surface area is 92.2 Å². The van der Waals surface area contributed by atoms with Crippen molar-refractivity contribution in [1.29, 1.82) is 0 Å². The molecule has 1 aromatic rings. The van der Waals surface area contributed by atoms with Crippen molar-refractivity contribution in [3.05, 3.63) is 35.6 Å². The second-order valence-electron chi connectivity index (χ2n) is 3.88. The van der Waals surface area contributed by atoms with Gasteiger partial charge < -0.3 is 11.5 Å². The third kappa shape index (κ3) is 2.18. The first-order chi connectivity index (χ1) is 7.58. The van der Waals surface area contributed by atoms with Gasteiger partial charge in [-0.05, 0) is 30.0 Å². The summed E-state index contributed by atoms with van der Waals surface area (Å²) in [5, 5.41) is 0. The van der Waals surface area contributed by atoms with E-state index in [0.717, 1.165) is 5.56 Å². The number of carbonyl (C=O) groups is 1. The molecule has 2 unspecified atom stereocenters. The van der Waals surface area contributed by atoms with Gasteiger partial charge in [0.2, 0.25) is 0 Å². The normalized spacial score (nSPS) is 22.6. The zero-order chi connectivity index (χ0) is 11.7. The van der Waals surface area contributed by atoms with Gasteiger partial charge in [0.05, 0.1) is 0 Å². The topological polar surface area (TPSA) is 81.5 Å². The fourth-order valence-electron chi connectivity index (χ4n) is 1.78. The van der Waals surface area contributed by atoms with Gasteiger partial charge in [0.15, 0.2) is 5.96 Å². The molecule has 0 saturated heterocycles. The fraction of sp³-hybridized carbons (Fsp3) is 0.273. The third-order valence-electron chi connectivity index (χ3n) is 2.62. The summed E-state index contributed by atoms with van der Waals surface area (Å²) in [7, 11) is 0.